The van der Waals surface area contributed by atoms with Crippen LogP contribution in [-0.2, 0) is 14.3 Å². The maximum absolute atomic E-state index is 11.1. The van der Waals surface area contributed by atoms with E-state index in [1.54, 1.807) is 0 Å². The van der Waals surface area contributed by atoms with Crippen LogP contribution in [0.3, 0.4) is 0 Å². The van der Waals surface area contributed by atoms with Crippen LogP contribution in [0.2, 0.25) is 0 Å². The predicted molar refractivity (Wildman–Crippen MR) is 53.4 cm³/mol. The van der Waals surface area contributed by atoms with Gasteiger partial charge in [-0.1, -0.05) is 6.92 Å². The molecule has 1 aliphatic heterocycles. The smallest absolute Gasteiger partial charge is 0.305 e. The molecule has 1 aliphatic rings. The van der Waals surface area contributed by atoms with Crippen molar-refractivity contribution in [3.8, 4) is 0 Å². The molecule has 1 heterocycles. The van der Waals surface area contributed by atoms with Gasteiger partial charge in [0.25, 0.3) is 0 Å². The van der Waals surface area contributed by atoms with Crippen molar-refractivity contribution in [2.75, 3.05) is 6.61 Å². The fourth-order valence-corrected chi connectivity index (χ4v) is 1.52. The minimum absolute atomic E-state index is 0.0411. The van der Waals surface area contributed by atoms with Gasteiger partial charge in [-0.3, -0.25) is 4.79 Å². The Morgan fingerprint density at radius 1 is 1.44 bits per heavy atom. The zero-order valence-corrected chi connectivity index (χ0v) is 9.20. The summed E-state index contributed by atoms with van der Waals surface area (Å²) < 4.78 is 9.81. The summed E-state index contributed by atoms with van der Waals surface area (Å²) in [5, 5.41) is 28.1. The topological polar surface area (TPSA) is 96.2 Å². The van der Waals surface area contributed by atoms with E-state index in [-0.39, 0.29) is 19.0 Å². The second-order valence-electron chi connectivity index (χ2n) is 3.86. The van der Waals surface area contributed by atoms with Crippen LogP contribution in [0.1, 0.15) is 26.2 Å². The third-order valence-electron chi connectivity index (χ3n) is 2.41. The Hall–Kier alpha value is -0.690. The Morgan fingerprint density at radius 2 is 2.12 bits per heavy atom. The van der Waals surface area contributed by atoms with Gasteiger partial charge >= 0.3 is 5.97 Å². The number of hydrogen-bond donors (Lipinski definition) is 3. The van der Waals surface area contributed by atoms with Crippen LogP contribution >= 0.6 is 0 Å². The van der Waals surface area contributed by atoms with Crippen molar-refractivity contribution in [2.24, 2.45) is 0 Å². The number of aliphatic hydroxyl groups excluding tert-OH is 3. The van der Waals surface area contributed by atoms with E-state index in [2.05, 4.69) is 0 Å². The van der Waals surface area contributed by atoms with E-state index in [1.165, 1.54) is 0 Å². The molecular weight excluding hydrogens is 216 g/mol. The number of ether oxygens (including phenoxy) is 2. The predicted octanol–water partition coefficient (Wildman–Crippen LogP) is -0.841. The summed E-state index contributed by atoms with van der Waals surface area (Å²) in [6, 6.07) is 0. The van der Waals surface area contributed by atoms with E-state index in [1.807, 2.05) is 6.92 Å². The molecule has 0 aliphatic carbocycles. The third-order valence-corrected chi connectivity index (χ3v) is 2.41. The van der Waals surface area contributed by atoms with Gasteiger partial charge in [-0.15, -0.1) is 0 Å². The summed E-state index contributed by atoms with van der Waals surface area (Å²) in [4.78, 5) is 11.1. The van der Waals surface area contributed by atoms with Gasteiger partial charge in [0.2, 0.25) is 0 Å². The molecule has 94 valence electrons. The van der Waals surface area contributed by atoms with E-state index in [9.17, 15) is 20.1 Å². The maximum atomic E-state index is 11.1. The molecule has 1 saturated heterocycles. The van der Waals surface area contributed by atoms with Gasteiger partial charge in [0.15, 0.2) is 6.29 Å². The molecule has 16 heavy (non-hydrogen) atoms. The molecule has 0 amide bonds. The van der Waals surface area contributed by atoms with Gasteiger partial charge in [0.05, 0.1) is 6.10 Å². The van der Waals surface area contributed by atoms with Gasteiger partial charge in [-0.05, 0) is 6.42 Å². The van der Waals surface area contributed by atoms with Gasteiger partial charge in [0, 0.05) is 12.8 Å². The highest BCUT2D eigenvalue weighted by atomic mass is 16.6. The van der Waals surface area contributed by atoms with Gasteiger partial charge in [-0.25, -0.2) is 0 Å². The number of carbonyl (C=O) groups is 1. The summed E-state index contributed by atoms with van der Waals surface area (Å²) in [6.45, 7) is 1.69. The monoisotopic (exact) mass is 234 g/mol. The van der Waals surface area contributed by atoms with Crippen LogP contribution in [0.4, 0.5) is 0 Å². The first-order valence-corrected chi connectivity index (χ1v) is 5.39. The summed E-state index contributed by atoms with van der Waals surface area (Å²) in [7, 11) is 0. The summed E-state index contributed by atoms with van der Waals surface area (Å²) in [5.74, 6) is -0.382. The van der Waals surface area contributed by atoms with Gasteiger partial charge in [0.1, 0.15) is 18.8 Å². The van der Waals surface area contributed by atoms with E-state index < -0.39 is 24.6 Å². The fourth-order valence-electron chi connectivity index (χ4n) is 1.52. The van der Waals surface area contributed by atoms with Crippen molar-refractivity contribution in [1.29, 1.82) is 0 Å². The summed E-state index contributed by atoms with van der Waals surface area (Å²) >= 11 is 0. The first-order valence-electron chi connectivity index (χ1n) is 5.39. The third kappa shape index (κ3) is 3.71. The highest BCUT2D eigenvalue weighted by Gasteiger charge is 2.36. The van der Waals surface area contributed by atoms with E-state index >= 15 is 0 Å². The van der Waals surface area contributed by atoms with Crippen molar-refractivity contribution < 1.29 is 29.6 Å². The van der Waals surface area contributed by atoms with Crippen LogP contribution in [-0.4, -0.2) is 52.5 Å². The maximum Gasteiger partial charge on any atom is 0.305 e. The normalized spacial score (nSPS) is 34.8. The zero-order chi connectivity index (χ0) is 12.1. The molecule has 4 atom stereocenters. The molecule has 0 aromatic carbocycles. The number of aliphatic hydroxyl groups is 3. The van der Waals surface area contributed by atoms with Crippen molar-refractivity contribution >= 4 is 5.97 Å². The lowest BCUT2D eigenvalue weighted by atomic mass is 10.0. The molecule has 0 radical (unpaired) electrons. The van der Waals surface area contributed by atoms with Crippen molar-refractivity contribution in [3.63, 3.8) is 0 Å². The first-order chi connectivity index (χ1) is 7.54. The van der Waals surface area contributed by atoms with Crippen LogP contribution in [0.5, 0.6) is 0 Å². The average Bonchev–Trinajstić information content (AvgIpc) is 2.21. The van der Waals surface area contributed by atoms with Crippen LogP contribution < -0.4 is 0 Å². The molecule has 0 aromatic rings. The Morgan fingerprint density at radius 3 is 2.75 bits per heavy atom. The number of hydrogen-bond acceptors (Lipinski definition) is 6. The Labute approximate surface area is 93.8 Å². The fraction of sp³-hybridized carbons (Fsp3) is 0.900. The first kappa shape index (κ1) is 13.4. The number of carbonyl (C=O) groups excluding carboxylic acids is 1. The van der Waals surface area contributed by atoms with E-state index in [0.29, 0.717) is 12.8 Å². The molecule has 0 spiro atoms. The highest BCUT2D eigenvalue weighted by molar-refractivity contribution is 5.69. The molecule has 1 fully saturated rings. The number of esters is 1. The molecule has 0 unspecified atom stereocenters. The van der Waals surface area contributed by atoms with E-state index in [4.69, 9.17) is 9.47 Å². The minimum atomic E-state index is -1.14. The Kier molecular flexibility index (Phi) is 5.14. The Bertz CT molecular complexity index is 231. The van der Waals surface area contributed by atoms with Crippen LogP contribution in [0.25, 0.3) is 0 Å². The molecule has 0 aromatic heterocycles. The second-order valence-corrected chi connectivity index (χ2v) is 3.86. The van der Waals surface area contributed by atoms with Crippen molar-refractivity contribution in [3.05, 3.63) is 0 Å². The van der Waals surface area contributed by atoms with Gasteiger partial charge < -0.3 is 24.8 Å². The molecule has 1 rings (SSSR count). The highest BCUT2D eigenvalue weighted by Crippen LogP contribution is 2.19. The van der Waals surface area contributed by atoms with Crippen LogP contribution in [0.15, 0.2) is 0 Å². The lowest BCUT2D eigenvalue weighted by Crippen LogP contribution is -2.50. The summed E-state index contributed by atoms with van der Waals surface area (Å²) in [6.07, 6.45) is -3.27. The van der Waals surface area contributed by atoms with Crippen molar-refractivity contribution in [1.82, 2.24) is 0 Å². The lowest BCUT2D eigenvalue weighted by molar-refractivity contribution is -0.242. The molecule has 0 bridgehead atoms. The Balaban J connectivity index is 2.37. The SMILES string of the molecule is CCCC(=O)OC[C@H]1O[C@H](O)C[C@@H](O)[C@@H]1O. The minimum Gasteiger partial charge on any atom is -0.463 e. The van der Waals surface area contributed by atoms with Crippen molar-refractivity contribution in [2.45, 2.75) is 50.8 Å². The molecule has 6 nitrogen and oxygen atoms in total. The average molecular weight is 234 g/mol. The second kappa shape index (κ2) is 6.15. The zero-order valence-electron chi connectivity index (χ0n) is 9.20. The van der Waals surface area contributed by atoms with Gasteiger partial charge in [-0.2, -0.15) is 0 Å². The molecule has 3 N–H and O–H groups in total. The number of rotatable bonds is 4. The summed E-state index contributed by atoms with van der Waals surface area (Å²) in [5.41, 5.74) is 0. The molecular formula is C10H18O6. The standard InChI is InChI=1S/C10H18O6/c1-2-3-8(12)15-5-7-10(14)6(11)4-9(13)16-7/h6-7,9-11,13-14H,2-5H2,1H3/t6-,7-,9+,10+/m1/s1. The largest absolute Gasteiger partial charge is 0.463 e. The quantitative estimate of drug-likeness (QED) is 0.549. The molecule has 6 heteroatoms. The van der Waals surface area contributed by atoms with Crippen LogP contribution in [0, 0.1) is 0 Å². The van der Waals surface area contributed by atoms with E-state index in [0.717, 1.165) is 0 Å². The molecule has 0 saturated carbocycles. The lowest BCUT2D eigenvalue weighted by Gasteiger charge is -2.34.